The molecule has 2 aromatic carbocycles. The summed E-state index contributed by atoms with van der Waals surface area (Å²) in [5, 5.41) is 21.4. The van der Waals surface area contributed by atoms with Crippen LogP contribution in [-0.2, 0) is 4.79 Å². The zero-order valence-electron chi connectivity index (χ0n) is 14.6. The van der Waals surface area contributed by atoms with Crippen LogP contribution in [0, 0.1) is 11.3 Å². The van der Waals surface area contributed by atoms with E-state index >= 15 is 0 Å². The first kappa shape index (κ1) is 19.6. The van der Waals surface area contributed by atoms with Gasteiger partial charge in [0.15, 0.2) is 0 Å². The summed E-state index contributed by atoms with van der Waals surface area (Å²) in [6.45, 7) is 0.112. The van der Waals surface area contributed by atoms with Gasteiger partial charge in [0.05, 0.1) is 24.3 Å². The van der Waals surface area contributed by atoms with Gasteiger partial charge in [0.25, 0.3) is 0 Å². The second-order valence-electron chi connectivity index (χ2n) is 5.78. The highest BCUT2D eigenvalue weighted by Crippen LogP contribution is 2.28. The topological polar surface area (TPSA) is 83.2 Å². The van der Waals surface area contributed by atoms with E-state index in [-0.39, 0.29) is 13.0 Å². The second-order valence-corrected chi connectivity index (χ2v) is 7.07. The summed E-state index contributed by atoms with van der Waals surface area (Å²) >= 11 is 7.32. The van der Waals surface area contributed by atoms with Crippen LogP contribution in [0.3, 0.4) is 0 Å². The molecule has 140 valence electrons. The van der Waals surface area contributed by atoms with Gasteiger partial charge in [-0.25, -0.2) is 4.98 Å². The number of aliphatic carboxylic acids is 1. The normalized spacial score (nSPS) is 11.1. The Morgan fingerprint density at radius 2 is 1.93 bits per heavy atom. The van der Waals surface area contributed by atoms with E-state index in [1.165, 1.54) is 11.3 Å². The fourth-order valence-corrected chi connectivity index (χ4v) is 3.30. The van der Waals surface area contributed by atoms with Gasteiger partial charge in [-0.05, 0) is 35.9 Å². The van der Waals surface area contributed by atoms with Crippen LogP contribution in [0.5, 0.6) is 5.75 Å². The maximum Gasteiger partial charge on any atom is 0.306 e. The molecule has 28 heavy (non-hydrogen) atoms. The number of carboxylic acids is 1. The second kappa shape index (κ2) is 9.18. The highest BCUT2D eigenvalue weighted by Gasteiger charge is 2.09. The molecule has 0 fully saturated rings. The minimum Gasteiger partial charge on any atom is -0.493 e. The van der Waals surface area contributed by atoms with Crippen LogP contribution in [-0.4, -0.2) is 22.7 Å². The number of hydrogen-bond donors (Lipinski definition) is 1. The van der Waals surface area contributed by atoms with Crippen LogP contribution >= 0.6 is 22.9 Å². The van der Waals surface area contributed by atoms with Crippen molar-refractivity contribution in [3.63, 3.8) is 0 Å². The summed E-state index contributed by atoms with van der Waals surface area (Å²) in [6, 6.07) is 16.7. The molecule has 1 N–H and O–H groups in total. The molecule has 3 rings (SSSR count). The fourth-order valence-electron chi connectivity index (χ4n) is 2.38. The lowest BCUT2D eigenvalue weighted by Gasteiger charge is -2.04. The van der Waals surface area contributed by atoms with Crippen LogP contribution < -0.4 is 4.74 Å². The van der Waals surface area contributed by atoms with Crippen molar-refractivity contribution in [1.29, 1.82) is 5.26 Å². The van der Waals surface area contributed by atoms with Crippen LogP contribution in [0.4, 0.5) is 0 Å². The third kappa shape index (κ3) is 5.19. The molecule has 0 amide bonds. The van der Waals surface area contributed by atoms with E-state index in [1.54, 1.807) is 42.5 Å². The number of carboxylic acid groups (broad SMARTS) is 1. The lowest BCUT2D eigenvalue weighted by atomic mass is 10.1. The fraction of sp³-hybridized carbons (Fsp3) is 0.0952. The number of aromatic nitrogens is 1. The first-order valence-electron chi connectivity index (χ1n) is 8.33. The first-order chi connectivity index (χ1) is 13.5. The molecular weight excluding hydrogens is 396 g/mol. The number of ether oxygens (including phenoxy) is 1. The Kier molecular flexibility index (Phi) is 6.43. The number of hydrogen-bond acceptors (Lipinski definition) is 5. The highest BCUT2D eigenvalue weighted by atomic mass is 35.5. The van der Waals surface area contributed by atoms with Crippen molar-refractivity contribution in [2.45, 2.75) is 6.42 Å². The smallest absolute Gasteiger partial charge is 0.306 e. The Bertz CT molecular complexity index is 1030. The van der Waals surface area contributed by atoms with Gasteiger partial charge in [0.2, 0.25) is 0 Å². The molecule has 0 aliphatic rings. The van der Waals surface area contributed by atoms with Gasteiger partial charge in [-0.15, -0.1) is 11.3 Å². The number of benzene rings is 2. The minimum atomic E-state index is -0.903. The molecule has 0 aliphatic carbocycles. The summed E-state index contributed by atoms with van der Waals surface area (Å²) in [5.41, 5.74) is 3.02. The summed E-state index contributed by atoms with van der Waals surface area (Å²) < 4.78 is 5.36. The molecule has 1 aromatic heterocycles. The van der Waals surface area contributed by atoms with E-state index in [0.717, 1.165) is 16.8 Å². The molecule has 1 heterocycles. The minimum absolute atomic E-state index is 0.0553. The standard InChI is InChI=1S/C21H15ClN2O3S/c22-17-5-3-15(4-6-17)19-13-28-21(24-19)16(12-23)11-14-1-7-18(8-2-14)27-10-9-20(25)26/h1-8,11,13H,9-10H2,(H,25,26)/b16-11+. The third-order valence-corrected chi connectivity index (χ3v) is 4.90. The molecule has 0 aliphatic heterocycles. The van der Waals surface area contributed by atoms with Gasteiger partial charge in [0, 0.05) is 16.0 Å². The van der Waals surface area contributed by atoms with Crippen molar-refractivity contribution in [3.8, 4) is 23.1 Å². The first-order valence-corrected chi connectivity index (χ1v) is 9.59. The summed E-state index contributed by atoms with van der Waals surface area (Å²) in [6.07, 6.45) is 1.70. The van der Waals surface area contributed by atoms with Gasteiger partial charge in [-0.1, -0.05) is 35.9 Å². The maximum absolute atomic E-state index is 10.5. The van der Waals surface area contributed by atoms with Crippen molar-refractivity contribution < 1.29 is 14.6 Å². The Morgan fingerprint density at radius 3 is 2.57 bits per heavy atom. The van der Waals surface area contributed by atoms with Gasteiger partial charge in [-0.3, -0.25) is 4.79 Å². The van der Waals surface area contributed by atoms with Crippen LogP contribution in [0.25, 0.3) is 22.9 Å². The van der Waals surface area contributed by atoms with Crippen molar-refractivity contribution in [2.75, 3.05) is 6.61 Å². The zero-order chi connectivity index (χ0) is 19.9. The molecule has 3 aromatic rings. The van der Waals surface area contributed by atoms with Gasteiger partial charge in [0.1, 0.15) is 16.8 Å². The van der Waals surface area contributed by atoms with E-state index in [4.69, 9.17) is 21.4 Å². The van der Waals surface area contributed by atoms with E-state index in [0.29, 0.717) is 21.4 Å². The van der Waals surface area contributed by atoms with Crippen LogP contribution in [0.1, 0.15) is 17.0 Å². The highest BCUT2D eigenvalue weighted by molar-refractivity contribution is 7.11. The molecule has 0 saturated heterocycles. The molecular formula is C21H15ClN2O3S. The van der Waals surface area contributed by atoms with Gasteiger partial charge < -0.3 is 9.84 Å². The largest absolute Gasteiger partial charge is 0.493 e. The van der Waals surface area contributed by atoms with Crippen molar-refractivity contribution in [1.82, 2.24) is 4.98 Å². The lowest BCUT2D eigenvalue weighted by molar-refractivity contribution is -0.137. The SMILES string of the molecule is N#C/C(=C\c1ccc(OCCC(=O)O)cc1)c1nc(-c2ccc(Cl)cc2)cs1. The average molecular weight is 411 g/mol. The lowest BCUT2D eigenvalue weighted by Crippen LogP contribution is -2.04. The van der Waals surface area contributed by atoms with E-state index in [9.17, 15) is 10.1 Å². The Morgan fingerprint density at radius 1 is 1.21 bits per heavy atom. The van der Waals surface area contributed by atoms with E-state index in [1.807, 2.05) is 17.5 Å². The number of halogens is 1. The molecule has 7 heteroatoms. The quantitative estimate of drug-likeness (QED) is 0.528. The van der Waals surface area contributed by atoms with E-state index in [2.05, 4.69) is 11.1 Å². The van der Waals surface area contributed by atoms with E-state index < -0.39 is 5.97 Å². The van der Waals surface area contributed by atoms with Crippen LogP contribution in [0.2, 0.25) is 5.02 Å². The number of allylic oxidation sites excluding steroid dienone is 1. The third-order valence-electron chi connectivity index (χ3n) is 3.77. The molecule has 0 spiro atoms. The molecule has 5 nitrogen and oxygen atoms in total. The predicted molar refractivity (Wildman–Crippen MR) is 110 cm³/mol. The summed E-state index contributed by atoms with van der Waals surface area (Å²) in [4.78, 5) is 15.1. The Labute approximate surface area is 171 Å². The monoisotopic (exact) mass is 410 g/mol. The number of nitrogens with zero attached hydrogens (tertiary/aromatic N) is 2. The predicted octanol–water partition coefficient (Wildman–Crippen LogP) is 5.38. The molecule has 0 radical (unpaired) electrons. The zero-order valence-corrected chi connectivity index (χ0v) is 16.2. The van der Waals surface area contributed by atoms with Crippen molar-refractivity contribution in [3.05, 3.63) is 69.5 Å². The number of carbonyl (C=O) groups is 1. The summed E-state index contributed by atoms with van der Waals surface area (Å²) in [7, 11) is 0. The number of nitriles is 1. The maximum atomic E-state index is 10.5. The van der Waals surface area contributed by atoms with Crippen molar-refractivity contribution in [2.24, 2.45) is 0 Å². The Hall–Kier alpha value is -3.14. The number of rotatable bonds is 7. The number of thiazole rings is 1. The van der Waals surface area contributed by atoms with Gasteiger partial charge in [-0.2, -0.15) is 5.26 Å². The molecule has 0 saturated carbocycles. The Balaban J connectivity index is 1.74. The van der Waals surface area contributed by atoms with Gasteiger partial charge >= 0.3 is 5.97 Å². The molecule has 0 atom stereocenters. The van der Waals surface area contributed by atoms with Crippen LogP contribution in [0.15, 0.2) is 53.9 Å². The average Bonchev–Trinajstić information content (AvgIpc) is 3.17. The molecule has 0 bridgehead atoms. The molecule has 0 unspecified atom stereocenters. The van der Waals surface area contributed by atoms with Crippen molar-refractivity contribution >= 4 is 40.6 Å². The summed E-state index contributed by atoms with van der Waals surface area (Å²) in [5.74, 6) is -0.323.